The first kappa shape index (κ1) is 17.3. The Labute approximate surface area is 140 Å². The second kappa shape index (κ2) is 7.51. The first-order chi connectivity index (χ1) is 10.3. The average molecular weight is 373 g/mol. The minimum absolute atomic E-state index is 0.214. The molecule has 1 saturated carbocycles. The molecule has 0 atom stereocenters. The molecule has 5 nitrogen and oxygen atoms in total. The van der Waals surface area contributed by atoms with Gasteiger partial charge in [0, 0.05) is 12.1 Å². The largest absolute Gasteiger partial charge is 0.453 e. The van der Waals surface area contributed by atoms with Crippen molar-refractivity contribution in [2.75, 3.05) is 0 Å². The minimum Gasteiger partial charge on any atom is -0.453 e. The van der Waals surface area contributed by atoms with Gasteiger partial charge in [-0.05, 0) is 74.5 Å². The first-order valence-electron chi connectivity index (χ1n) is 7.79. The lowest BCUT2D eigenvalue weighted by atomic mass is 9.91. The van der Waals surface area contributed by atoms with E-state index in [1.807, 2.05) is 32.9 Å². The number of carbonyl (C=O) groups excluding carboxylic acids is 1. The van der Waals surface area contributed by atoms with E-state index in [-0.39, 0.29) is 12.1 Å². The van der Waals surface area contributed by atoms with E-state index in [1.54, 1.807) is 0 Å². The van der Waals surface area contributed by atoms with E-state index < -0.39 is 5.60 Å². The van der Waals surface area contributed by atoms with Crippen molar-refractivity contribution in [2.45, 2.75) is 70.7 Å². The van der Waals surface area contributed by atoms with E-state index >= 15 is 0 Å². The second-order valence-corrected chi connectivity index (χ2v) is 7.56. The monoisotopic (exact) mass is 372 g/mol. The molecule has 1 fully saturated rings. The van der Waals surface area contributed by atoms with Gasteiger partial charge >= 0.3 is 6.09 Å². The molecule has 2 rings (SSSR count). The number of rotatable bonds is 4. The van der Waals surface area contributed by atoms with Crippen LogP contribution >= 0.6 is 15.9 Å². The summed E-state index contributed by atoms with van der Waals surface area (Å²) in [7, 11) is 0. The Bertz CT molecular complexity index is 488. The molecule has 0 radical (unpaired) electrons. The molecule has 124 valence electrons. The number of amides is 1. The van der Waals surface area contributed by atoms with Crippen molar-refractivity contribution in [1.29, 1.82) is 0 Å². The van der Waals surface area contributed by atoms with Crippen molar-refractivity contribution in [3.8, 4) is 0 Å². The molecule has 1 aliphatic carbocycles. The maximum atomic E-state index is 11.8. The average Bonchev–Trinajstić information content (AvgIpc) is 2.81. The Morgan fingerprint density at radius 2 is 1.91 bits per heavy atom. The van der Waals surface area contributed by atoms with Crippen molar-refractivity contribution in [3.63, 3.8) is 0 Å². The van der Waals surface area contributed by atoms with Crippen LogP contribution in [0, 0.1) is 0 Å². The van der Waals surface area contributed by atoms with Gasteiger partial charge in [0.2, 0.25) is 0 Å². The molecule has 0 saturated heterocycles. The van der Waals surface area contributed by atoms with Gasteiger partial charge in [0.05, 0.1) is 6.54 Å². The number of alkyl carbamates (subject to hydrolysis) is 1. The van der Waals surface area contributed by atoms with Crippen LogP contribution in [0.25, 0.3) is 0 Å². The van der Waals surface area contributed by atoms with Crippen LogP contribution in [0.3, 0.4) is 0 Å². The predicted molar refractivity (Wildman–Crippen MR) is 88.7 cm³/mol. The van der Waals surface area contributed by atoms with Crippen LogP contribution in [0.2, 0.25) is 0 Å². The zero-order chi connectivity index (χ0) is 16.2. The summed E-state index contributed by atoms with van der Waals surface area (Å²) in [5.41, 5.74) is -0.444. The van der Waals surface area contributed by atoms with Crippen molar-refractivity contribution in [1.82, 2.24) is 10.6 Å². The van der Waals surface area contributed by atoms with E-state index in [4.69, 9.17) is 9.15 Å². The third-order valence-electron chi connectivity index (χ3n) is 3.64. The molecule has 1 aromatic heterocycles. The van der Waals surface area contributed by atoms with Gasteiger partial charge in [-0.2, -0.15) is 0 Å². The van der Waals surface area contributed by atoms with Crippen molar-refractivity contribution >= 4 is 22.0 Å². The fourth-order valence-electron chi connectivity index (χ4n) is 2.61. The zero-order valence-corrected chi connectivity index (χ0v) is 15.0. The van der Waals surface area contributed by atoms with Crippen LogP contribution in [0.15, 0.2) is 21.2 Å². The molecule has 1 aliphatic rings. The molecule has 22 heavy (non-hydrogen) atoms. The fraction of sp³-hybridized carbons (Fsp3) is 0.688. The fourth-order valence-corrected chi connectivity index (χ4v) is 2.95. The van der Waals surface area contributed by atoms with Gasteiger partial charge in [0.1, 0.15) is 11.4 Å². The summed E-state index contributed by atoms with van der Waals surface area (Å²) in [5.74, 6) is 0.931. The molecular weight excluding hydrogens is 348 g/mol. The molecule has 0 aliphatic heterocycles. The van der Waals surface area contributed by atoms with Gasteiger partial charge in [-0.1, -0.05) is 0 Å². The van der Waals surface area contributed by atoms with Gasteiger partial charge < -0.3 is 19.8 Å². The Balaban J connectivity index is 1.66. The number of halogens is 1. The predicted octanol–water partition coefficient (Wildman–Crippen LogP) is 3.97. The molecule has 0 unspecified atom stereocenters. The second-order valence-electron chi connectivity index (χ2n) is 6.78. The number of ether oxygens (including phenoxy) is 1. The molecule has 0 aromatic carbocycles. The highest BCUT2D eigenvalue weighted by Gasteiger charge is 2.24. The molecule has 6 heteroatoms. The standard InChI is InChI=1S/C16H25BrN2O3/c1-16(2,3)22-15(20)19-12-6-4-11(5-7-12)18-10-13-8-9-14(17)21-13/h8-9,11-12,18H,4-7,10H2,1-3H3,(H,19,20). The highest BCUT2D eigenvalue weighted by Crippen LogP contribution is 2.20. The molecule has 1 heterocycles. The summed E-state index contributed by atoms with van der Waals surface area (Å²) in [6.07, 6.45) is 3.71. The number of carbonyl (C=O) groups is 1. The number of furan rings is 1. The number of hydrogen-bond donors (Lipinski definition) is 2. The van der Waals surface area contributed by atoms with Crippen LogP contribution in [-0.2, 0) is 11.3 Å². The van der Waals surface area contributed by atoms with E-state index in [9.17, 15) is 4.79 Å². The Morgan fingerprint density at radius 1 is 1.27 bits per heavy atom. The lowest BCUT2D eigenvalue weighted by Gasteiger charge is -2.30. The lowest BCUT2D eigenvalue weighted by Crippen LogP contribution is -2.43. The van der Waals surface area contributed by atoms with Crippen LogP contribution in [-0.4, -0.2) is 23.8 Å². The Kier molecular flexibility index (Phi) is 5.92. The van der Waals surface area contributed by atoms with Gasteiger partial charge in [-0.3, -0.25) is 0 Å². The first-order valence-corrected chi connectivity index (χ1v) is 8.58. The quantitative estimate of drug-likeness (QED) is 0.839. The normalized spacial score (nSPS) is 22.4. The van der Waals surface area contributed by atoms with Crippen LogP contribution in [0.5, 0.6) is 0 Å². The Morgan fingerprint density at radius 3 is 2.45 bits per heavy atom. The summed E-state index contributed by atoms with van der Waals surface area (Å²) in [6, 6.07) is 4.55. The highest BCUT2D eigenvalue weighted by atomic mass is 79.9. The van der Waals surface area contributed by atoms with Crippen LogP contribution in [0.1, 0.15) is 52.2 Å². The van der Waals surface area contributed by atoms with E-state index in [1.165, 1.54) is 0 Å². The lowest BCUT2D eigenvalue weighted by molar-refractivity contribution is 0.0489. The van der Waals surface area contributed by atoms with Crippen LogP contribution in [0.4, 0.5) is 4.79 Å². The molecule has 2 N–H and O–H groups in total. The molecule has 1 amide bonds. The van der Waals surface area contributed by atoms with Crippen molar-refractivity contribution in [3.05, 3.63) is 22.6 Å². The maximum Gasteiger partial charge on any atom is 0.407 e. The number of nitrogens with one attached hydrogen (secondary N) is 2. The van der Waals surface area contributed by atoms with E-state index in [2.05, 4.69) is 26.6 Å². The zero-order valence-electron chi connectivity index (χ0n) is 13.4. The third kappa shape index (κ3) is 6.01. The van der Waals surface area contributed by atoms with E-state index in [0.29, 0.717) is 6.04 Å². The maximum absolute atomic E-state index is 11.8. The Hall–Kier alpha value is -1.01. The smallest absolute Gasteiger partial charge is 0.407 e. The molecular formula is C16H25BrN2O3. The summed E-state index contributed by atoms with van der Waals surface area (Å²) in [4.78, 5) is 11.8. The summed E-state index contributed by atoms with van der Waals surface area (Å²) in [5, 5.41) is 6.46. The van der Waals surface area contributed by atoms with Crippen molar-refractivity contribution in [2.24, 2.45) is 0 Å². The topological polar surface area (TPSA) is 63.5 Å². The highest BCUT2D eigenvalue weighted by molar-refractivity contribution is 9.10. The third-order valence-corrected chi connectivity index (χ3v) is 4.07. The van der Waals surface area contributed by atoms with Crippen LogP contribution < -0.4 is 10.6 Å². The van der Waals surface area contributed by atoms with Crippen molar-refractivity contribution < 1.29 is 13.9 Å². The minimum atomic E-state index is -0.444. The summed E-state index contributed by atoms with van der Waals surface area (Å²) < 4.78 is 11.5. The SMILES string of the molecule is CC(C)(C)OC(=O)NC1CCC(NCc2ccc(Br)o2)CC1. The molecule has 0 spiro atoms. The number of hydrogen-bond acceptors (Lipinski definition) is 4. The van der Waals surface area contributed by atoms with E-state index in [0.717, 1.165) is 42.7 Å². The summed E-state index contributed by atoms with van der Waals surface area (Å²) in [6.45, 7) is 6.36. The summed E-state index contributed by atoms with van der Waals surface area (Å²) >= 11 is 3.30. The van der Waals surface area contributed by atoms with Gasteiger partial charge in [0.25, 0.3) is 0 Å². The van der Waals surface area contributed by atoms with Gasteiger partial charge in [0.15, 0.2) is 4.67 Å². The molecule has 1 aromatic rings. The van der Waals surface area contributed by atoms with Gasteiger partial charge in [-0.15, -0.1) is 0 Å². The molecule has 0 bridgehead atoms. The van der Waals surface area contributed by atoms with Gasteiger partial charge in [-0.25, -0.2) is 4.79 Å².